The summed E-state index contributed by atoms with van der Waals surface area (Å²) in [5, 5.41) is 2.02. The molecule has 0 saturated carbocycles. The Morgan fingerprint density at radius 1 is 1.17 bits per heavy atom. The fourth-order valence-electron chi connectivity index (χ4n) is 2.42. The van der Waals surface area contributed by atoms with Crippen LogP contribution < -0.4 is 5.32 Å². The topological polar surface area (TPSA) is 63.2 Å². The van der Waals surface area contributed by atoms with Crippen molar-refractivity contribution in [2.45, 2.75) is 25.1 Å². The van der Waals surface area contributed by atoms with Gasteiger partial charge in [-0.15, -0.1) is 0 Å². The van der Waals surface area contributed by atoms with Gasteiger partial charge in [0, 0.05) is 10.4 Å². The summed E-state index contributed by atoms with van der Waals surface area (Å²) in [6, 6.07) is 3.39. The summed E-state index contributed by atoms with van der Waals surface area (Å²) in [6.45, 7) is 0. The van der Waals surface area contributed by atoms with Crippen LogP contribution in [0.5, 0.6) is 0 Å². The van der Waals surface area contributed by atoms with Crippen LogP contribution in [0.2, 0.25) is 0 Å². The monoisotopic (exact) mass is 413 g/mol. The second kappa shape index (κ2) is 6.80. The fourth-order valence-corrected chi connectivity index (χ4v) is 4.18. The number of nitrogens with one attached hydrogen (secondary N) is 1. The average Bonchev–Trinajstić information content (AvgIpc) is 2.44. The molecule has 1 amide bonds. The zero-order valence-corrected chi connectivity index (χ0v) is 14.3. The van der Waals surface area contributed by atoms with E-state index in [-0.39, 0.29) is 29.9 Å². The normalized spacial score (nSPS) is 20.0. The third kappa shape index (κ3) is 4.94. The molecule has 0 radical (unpaired) electrons. The molecular formula is C14H15BrF3NO3S. The predicted molar refractivity (Wildman–Crippen MR) is 82.5 cm³/mol. The van der Waals surface area contributed by atoms with Crippen LogP contribution in [0.4, 0.5) is 13.2 Å². The minimum absolute atomic E-state index is 0.0546. The number of benzene rings is 1. The highest BCUT2D eigenvalue weighted by atomic mass is 79.9. The molecule has 0 aromatic heterocycles. The maximum absolute atomic E-state index is 13.2. The molecule has 0 bridgehead atoms. The predicted octanol–water partition coefficient (Wildman–Crippen LogP) is 2.99. The quantitative estimate of drug-likeness (QED) is 0.828. The minimum atomic E-state index is -4.63. The highest BCUT2D eigenvalue weighted by Gasteiger charge is 2.43. The van der Waals surface area contributed by atoms with Crippen molar-refractivity contribution in [2.75, 3.05) is 11.5 Å². The maximum atomic E-state index is 13.2. The van der Waals surface area contributed by atoms with Crippen LogP contribution in [0, 0.1) is 5.92 Å². The van der Waals surface area contributed by atoms with Crippen molar-refractivity contribution >= 4 is 31.7 Å². The van der Waals surface area contributed by atoms with Gasteiger partial charge in [0.1, 0.15) is 9.84 Å². The van der Waals surface area contributed by atoms with Gasteiger partial charge in [0.25, 0.3) is 0 Å². The largest absolute Gasteiger partial charge is 0.412 e. The Morgan fingerprint density at radius 2 is 1.70 bits per heavy atom. The van der Waals surface area contributed by atoms with Gasteiger partial charge >= 0.3 is 6.18 Å². The third-order valence-corrected chi connectivity index (χ3v) is 5.99. The van der Waals surface area contributed by atoms with Gasteiger partial charge in [-0.2, -0.15) is 13.2 Å². The van der Waals surface area contributed by atoms with E-state index in [2.05, 4.69) is 15.9 Å². The molecule has 1 unspecified atom stereocenters. The van der Waals surface area contributed by atoms with E-state index in [1.54, 1.807) is 0 Å². The third-order valence-electron chi connectivity index (χ3n) is 3.74. The second-order valence-electron chi connectivity index (χ2n) is 5.46. The Balaban J connectivity index is 2.12. The summed E-state index contributed by atoms with van der Waals surface area (Å²) < 4.78 is 63.0. The van der Waals surface area contributed by atoms with Crippen molar-refractivity contribution in [3.8, 4) is 0 Å². The molecule has 9 heteroatoms. The van der Waals surface area contributed by atoms with Gasteiger partial charge in [0.05, 0.1) is 11.5 Å². The molecule has 128 valence electrons. The Morgan fingerprint density at radius 3 is 2.17 bits per heavy atom. The van der Waals surface area contributed by atoms with E-state index < -0.39 is 33.9 Å². The molecule has 0 aliphatic carbocycles. The summed E-state index contributed by atoms with van der Waals surface area (Å²) in [4.78, 5) is 12.1. The number of carbonyl (C=O) groups excluding carboxylic acids is 1. The molecule has 1 heterocycles. The summed E-state index contributed by atoms with van der Waals surface area (Å²) in [5.41, 5.74) is -0.0718. The Kier molecular flexibility index (Phi) is 5.40. The van der Waals surface area contributed by atoms with E-state index in [4.69, 9.17) is 0 Å². The van der Waals surface area contributed by atoms with Crippen LogP contribution in [-0.4, -0.2) is 32.0 Å². The molecule has 2 rings (SSSR count). The molecule has 1 N–H and O–H groups in total. The Bertz CT molecular complexity index is 660. The van der Waals surface area contributed by atoms with Gasteiger partial charge in [-0.05, 0) is 30.5 Å². The van der Waals surface area contributed by atoms with Crippen molar-refractivity contribution < 1.29 is 26.4 Å². The molecule has 1 aromatic carbocycles. The molecule has 0 spiro atoms. The lowest BCUT2D eigenvalue weighted by atomic mass is 10.00. The SMILES string of the molecule is O=C(NC(c1ccc(Br)cc1)C(F)(F)F)C1CCS(=O)(=O)CC1. The summed E-state index contributed by atoms with van der Waals surface area (Å²) in [5.74, 6) is -1.80. The number of hydrogen-bond acceptors (Lipinski definition) is 3. The molecule has 1 aliphatic heterocycles. The van der Waals surface area contributed by atoms with Crippen molar-refractivity contribution in [1.29, 1.82) is 0 Å². The van der Waals surface area contributed by atoms with Crippen molar-refractivity contribution in [2.24, 2.45) is 5.92 Å². The average molecular weight is 414 g/mol. The highest BCUT2D eigenvalue weighted by molar-refractivity contribution is 9.10. The van der Waals surface area contributed by atoms with Crippen LogP contribution in [0.15, 0.2) is 28.7 Å². The zero-order chi connectivity index (χ0) is 17.3. The highest BCUT2D eigenvalue weighted by Crippen LogP contribution is 2.34. The molecule has 1 aromatic rings. The van der Waals surface area contributed by atoms with Crippen LogP contribution in [0.25, 0.3) is 0 Å². The molecule has 1 aliphatic rings. The summed E-state index contributed by atoms with van der Waals surface area (Å²) in [6.07, 6.45) is -4.53. The van der Waals surface area contributed by atoms with E-state index >= 15 is 0 Å². The first-order chi connectivity index (χ1) is 10.6. The number of amides is 1. The lowest BCUT2D eigenvalue weighted by molar-refractivity contribution is -0.164. The van der Waals surface area contributed by atoms with Gasteiger partial charge in [0.2, 0.25) is 5.91 Å². The van der Waals surface area contributed by atoms with Gasteiger partial charge in [0.15, 0.2) is 6.04 Å². The molecule has 4 nitrogen and oxygen atoms in total. The molecular weight excluding hydrogens is 399 g/mol. The molecule has 23 heavy (non-hydrogen) atoms. The van der Waals surface area contributed by atoms with E-state index in [1.807, 2.05) is 5.32 Å². The van der Waals surface area contributed by atoms with E-state index in [1.165, 1.54) is 24.3 Å². The lowest BCUT2D eigenvalue weighted by Crippen LogP contribution is -2.43. The summed E-state index contributed by atoms with van der Waals surface area (Å²) in [7, 11) is -3.17. The van der Waals surface area contributed by atoms with Crippen molar-refractivity contribution in [1.82, 2.24) is 5.32 Å². The van der Waals surface area contributed by atoms with E-state index in [9.17, 15) is 26.4 Å². The number of carbonyl (C=O) groups is 1. The number of halogens is 4. The van der Waals surface area contributed by atoms with Crippen LogP contribution >= 0.6 is 15.9 Å². The van der Waals surface area contributed by atoms with Crippen molar-refractivity contribution in [3.05, 3.63) is 34.3 Å². The van der Waals surface area contributed by atoms with Gasteiger partial charge < -0.3 is 5.32 Å². The first-order valence-electron chi connectivity index (χ1n) is 6.91. The second-order valence-corrected chi connectivity index (χ2v) is 8.68. The number of alkyl halides is 3. The van der Waals surface area contributed by atoms with Gasteiger partial charge in [-0.1, -0.05) is 28.1 Å². The Labute approximate surface area is 140 Å². The minimum Gasteiger partial charge on any atom is -0.341 e. The summed E-state index contributed by atoms with van der Waals surface area (Å²) >= 11 is 3.14. The van der Waals surface area contributed by atoms with Crippen LogP contribution in [-0.2, 0) is 14.6 Å². The van der Waals surface area contributed by atoms with E-state index in [0.29, 0.717) is 4.47 Å². The van der Waals surface area contributed by atoms with Gasteiger partial charge in [-0.25, -0.2) is 8.42 Å². The Hall–Kier alpha value is -1.09. The number of rotatable bonds is 3. The smallest absolute Gasteiger partial charge is 0.341 e. The lowest BCUT2D eigenvalue weighted by Gasteiger charge is -2.26. The molecule has 1 atom stereocenters. The van der Waals surface area contributed by atoms with Crippen LogP contribution in [0.1, 0.15) is 24.4 Å². The van der Waals surface area contributed by atoms with Crippen LogP contribution in [0.3, 0.4) is 0 Å². The van der Waals surface area contributed by atoms with Gasteiger partial charge in [-0.3, -0.25) is 4.79 Å². The zero-order valence-electron chi connectivity index (χ0n) is 11.9. The molecule has 1 fully saturated rings. The maximum Gasteiger partial charge on any atom is 0.412 e. The first-order valence-corrected chi connectivity index (χ1v) is 9.53. The number of hydrogen-bond donors (Lipinski definition) is 1. The first kappa shape index (κ1) is 18.3. The fraction of sp³-hybridized carbons (Fsp3) is 0.500. The standard InChI is InChI=1S/C14H15BrF3NO3S/c15-11-3-1-9(2-4-11)12(14(16,17)18)19-13(20)10-5-7-23(21,22)8-6-10/h1-4,10,12H,5-8H2,(H,19,20). The molecule has 1 saturated heterocycles. The van der Waals surface area contributed by atoms with Crippen molar-refractivity contribution in [3.63, 3.8) is 0 Å². The number of sulfone groups is 1. The van der Waals surface area contributed by atoms with E-state index in [0.717, 1.165) is 0 Å².